The predicted molar refractivity (Wildman–Crippen MR) is 44.3 cm³/mol. The standard InChI is InChI=1S/C5H5F3N4O3S/c6-5(7,8)16(14,15)2-1-10-11-3(2)4(9)12-13/h1,13H,(H2,9,12)(H,10,11). The molecule has 0 aliphatic heterocycles. The predicted octanol–water partition coefficient (Wildman–Crippen LogP) is -0.202. The van der Waals surface area contributed by atoms with Gasteiger partial charge in [-0.05, 0) is 0 Å². The van der Waals surface area contributed by atoms with Gasteiger partial charge in [-0.15, -0.1) is 0 Å². The summed E-state index contributed by atoms with van der Waals surface area (Å²) in [7, 11) is -5.58. The molecule has 4 N–H and O–H groups in total. The maximum absolute atomic E-state index is 12.2. The molecule has 0 aliphatic carbocycles. The monoisotopic (exact) mass is 258 g/mol. The van der Waals surface area contributed by atoms with Crippen LogP contribution in [0, 0.1) is 0 Å². The highest BCUT2D eigenvalue weighted by molar-refractivity contribution is 7.92. The van der Waals surface area contributed by atoms with Crippen LogP contribution in [-0.2, 0) is 9.84 Å². The molecule has 0 atom stereocenters. The van der Waals surface area contributed by atoms with E-state index in [-0.39, 0.29) is 0 Å². The number of hydrogen-bond acceptors (Lipinski definition) is 5. The summed E-state index contributed by atoms with van der Waals surface area (Å²) < 4.78 is 58.5. The zero-order chi connectivity index (χ0) is 12.6. The lowest BCUT2D eigenvalue weighted by molar-refractivity contribution is -0.0436. The largest absolute Gasteiger partial charge is 0.502 e. The third-order valence-electron chi connectivity index (χ3n) is 1.56. The average molecular weight is 258 g/mol. The normalized spacial score (nSPS) is 14.1. The molecule has 90 valence electrons. The van der Waals surface area contributed by atoms with Crippen molar-refractivity contribution in [3.63, 3.8) is 0 Å². The number of aromatic nitrogens is 2. The van der Waals surface area contributed by atoms with Crippen LogP contribution in [-0.4, -0.2) is 35.2 Å². The lowest BCUT2D eigenvalue weighted by atomic mass is 10.4. The smallest absolute Gasteiger partial charge is 0.409 e. The fourth-order valence-corrected chi connectivity index (χ4v) is 1.70. The number of oxime groups is 1. The van der Waals surface area contributed by atoms with E-state index in [2.05, 4.69) is 10.3 Å². The highest BCUT2D eigenvalue weighted by atomic mass is 32.2. The van der Waals surface area contributed by atoms with E-state index >= 15 is 0 Å². The van der Waals surface area contributed by atoms with Crippen LogP contribution < -0.4 is 5.73 Å². The Bertz CT molecular complexity index is 517. The van der Waals surface area contributed by atoms with Crippen molar-refractivity contribution in [3.05, 3.63) is 11.9 Å². The lowest BCUT2D eigenvalue weighted by Gasteiger charge is -2.07. The molecule has 0 saturated heterocycles. The topological polar surface area (TPSA) is 121 Å². The molecule has 1 heterocycles. The maximum Gasteiger partial charge on any atom is 0.502 e. The average Bonchev–Trinajstić information content (AvgIpc) is 2.63. The van der Waals surface area contributed by atoms with Crippen LogP contribution in [0.25, 0.3) is 0 Å². The van der Waals surface area contributed by atoms with Gasteiger partial charge in [-0.25, -0.2) is 8.42 Å². The molecule has 1 aromatic rings. The minimum atomic E-state index is -5.58. The first-order valence-electron chi connectivity index (χ1n) is 3.54. The second-order valence-electron chi connectivity index (χ2n) is 2.54. The molecular formula is C5H5F3N4O3S. The number of aromatic amines is 1. The number of halogens is 3. The molecule has 16 heavy (non-hydrogen) atoms. The highest BCUT2D eigenvalue weighted by Gasteiger charge is 2.49. The maximum atomic E-state index is 12.2. The number of nitrogens with one attached hydrogen (secondary N) is 1. The van der Waals surface area contributed by atoms with E-state index in [1.165, 1.54) is 0 Å². The van der Waals surface area contributed by atoms with Crippen molar-refractivity contribution in [1.29, 1.82) is 0 Å². The molecule has 0 unspecified atom stereocenters. The number of alkyl halides is 3. The van der Waals surface area contributed by atoms with Crippen molar-refractivity contribution >= 4 is 15.7 Å². The molecule has 0 bridgehead atoms. The van der Waals surface area contributed by atoms with Crippen molar-refractivity contribution in [2.75, 3.05) is 0 Å². The Morgan fingerprint density at radius 3 is 2.56 bits per heavy atom. The summed E-state index contributed by atoms with van der Waals surface area (Å²) in [5.74, 6) is -0.819. The zero-order valence-electron chi connectivity index (χ0n) is 7.35. The van der Waals surface area contributed by atoms with E-state index in [4.69, 9.17) is 10.9 Å². The Hall–Kier alpha value is -1.78. The molecule has 0 amide bonds. The third kappa shape index (κ3) is 1.80. The molecule has 11 heteroatoms. The van der Waals surface area contributed by atoms with E-state index < -0.39 is 31.8 Å². The van der Waals surface area contributed by atoms with E-state index in [1.54, 1.807) is 0 Å². The van der Waals surface area contributed by atoms with Crippen LogP contribution in [0.1, 0.15) is 5.69 Å². The Labute approximate surface area is 86.7 Å². The van der Waals surface area contributed by atoms with Gasteiger partial charge in [0, 0.05) is 0 Å². The van der Waals surface area contributed by atoms with Crippen LogP contribution in [0.15, 0.2) is 16.2 Å². The van der Waals surface area contributed by atoms with Gasteiger partial charge in [0.1, 0.15) is 10.6 Å². The quantitative estimate of drug-likeness (QED) is 0.293. The number of hydrogen-bond donors (Lipinski definition) is 3. The molecular weight excluding hydrogens is 253 g/mol. The van der Waals surface area contributed by atoms with Crippen LogP contribution in [0.5, 0.6) is 0 Å². The van der Waals surface area contributed by atoms with Crippen molar-refractivity contribution in [2.45, 2.75) is 10.4 Å². The van der Waals surface area contributed by atoms with E-state index in [1.807, 2.05) is 5.10 Å². The highest BCUT2D eigenvalue weighted by Crippen LogP contribution is 2.31. The molecule has 0 aliphatic rings. The Morgan fingerprint density at radius 1 is 1.56 bits per heavy atom. The van der Waals surface area contributed by atoms with Crippen molar-refractivity contribution in [2.24, 2.45) is 10.9 Å². The van der Waals surface area contributed by atoms with Gasteiger partial charge in [0.05, 0.1) is 6.20 Å². The molecule has 7 nitrogen and oxygen atoms in total. The van der Waals surface area contributed by atoms with E-state index in [9.17, 15) is 21.6 Å². The fraction of sp³-hybridized carbons (Fsp3) is 0.200. The first-order chi connectivity index (χ1) is 7.21. The molecule has 1 rings (SSSR count). The second kappa shape index (κ2) is 3.66. The molecule has 0 fully saturated rings. The molecule has 1 aromatic heterocycles. The minimum absolute atomic E-state index is 0.427. The number of H-pyrrole nitrogens is 1. The molecule has 0 spiro atoms. The number of nitrogens with zero attached hydrogens (tertiary/aromatic N) is 2. The summed E-state index contributed by atoms with van der Waals surface area (Å²) in [4.78, 5) is -1.20. The van der Waals surface area contributed by atoms with Gasteiger partial charge >= 0.3 is 5.51 Å². The van der Waals surface area contributed by atoms with Crippen LogP contribution in [0.2, 0.25) is 0 Å². The number of nitrogens with two attached hydrogens (primary N) is 1. The SMILES string of the molecule is NC(=NO)c1[nH]ncc1S(=O)(=O)C(F)(F)F. The molecule has 0 saturated carbocycles. The van der Waals surface area contributed by atoms with E-state index in [0.29, 0.717) is 6.20 Å². The summed E-state index contributed by atoms with van der Waals surface area (Å²) in [6, 6.07) is 0. The summed E-state index contributed by atoms with van der Waals surface area (Å²) in [6.45, 7) is 0. The zero-order valence-corrected chi connectivity index (χ0v) is 8.17. The van der Waals surface area contributed by atoms with Gasteiger partial charge in [0.25, 0.3) is 9.84 Å². The molecule has 0 radical (unpaired) electrons. The summed E-state index contributed by atoms with van der Waals surface area (Å²) in [6.07, 6.45) is 0.427. The summed E-state index contributed by atoms with van der Waals surface area (Å²) >= 11 is 0. The summed E-state index contributed by atoms with van der Waals surface area (Å²) in [5.41, 5.74) is -1.23. The first kappa shape index (κ1) is 12.3. The lowest BCUT2D eigenvalue weighted by Crippen LogP contribution is -2.26. The van der Waals surface area contributed by atoms with Crippen molar-refractivity contribution in [3.8, 4) is 0 Å². The van der Waals surface area contributed by atoms with Gasteiger partial charge < -0.3 is 10.9 Å². The Morgan fingerprint density at radius 2 is 2.12 bits per heavy atom. The first-order valence-corrected chi connectivity index (χ1v) is 5.02. The van der Waals surface area contributed by atoms with Crippen LogP contribution in [0.3, 0.4) is 0 Å². The second-order valence-corrected chi connectivity index (χ2v) is 4.45. The number of sulfone groups is 1. The van der Waals surface area contributed by atoms with Gasteiger partial charge in [0.2, 0.25) is 0 Å². The van der Waals surface area contributed by atoms with Crippen LogP contribution in [0.4, 0.5) is 13.2 Å². The van der Waals surface area contributed by atoms with Gasteiger partial charge in [-0.1, -0.05) is 5.16 Å². The Kier molecular flexibility index (Phi) is 2.81. The molecule has 0 aromatic carbocycles. The van der Waals surface area contributed by atoms with Crippen molar-refractivity contribution < 1.29 is 26.8 Å². The van der Waals surface area contributed by atoms with Gasteiger partial charge in [-0.2, -0.15) is 18.3 Å². The van der Waals surface area contributed by atoms with E-state index in [0.717, 1.165) is 0 Å². The number of amidine groups is 1. The van der Waals surface area contributed by atoms with Gasteiger partial charge in [0.15, 0.2) is 5.84 Å². The van der Waals surface area contributed by atoms with Crippen LogP contribution >= 0.6 is 0 Å². The number of rotatable bonds is 2. The fourth-order valence-electron chi connectivity index (χ4n) is 0.837. The van der Waals surface area contributed by atoms with Crippen molar-refractivity contribution in [1.82, 2.24) is 10.2 Å². The minimum Gasteiger partial charge on any atom is -0.409 e. The van der Waals surface area contributed by atoms with Gasteiger partial charge in [-0.3, -0.25) is 5.10 Å². The third-order valence-corrected chi connectivity index (χ3v) is 3.06. The Balaban J connectivity index is 3.43. The summed E-state index contributed by atoms with van der Waals surface area (Å²) in [5, 5.41) is 15.6.